The number of nitrogens with one attached hydrogen (secondary N) is 1. The van der Waals surface area contributed by atoms with Gasteiger partial charge in [-0.3, -0.25) is 4.72 Å². The van der Waals surface area contributed by atoms with Crippen molar-refractivity contribution in [2.45, 2.75) is 11.1 Å². The van der Waals surface area contributed by atoms with Crippen LogP contribution in [0, 0.1) is 6.92 Å². The number of benzene rings is 1. The van der Waals surface area contributed by atoms with Gasteiger partial charge in [-0.25, -0.2) is 8.42 Å². The van der Waals surface area contributed by atoms with Gasteiger partial charge in [-0.15, -0.1) is 11.3 Å². The highest BCUT2D eigenvalue weighted by Crippen LogP contribution is 2.35. The maximum atomic E-state index is 12.4. The van der Waals surface area contributed by atoms with Crippen molar-refractivity contribution in [3.05, 3.63) is 38.1 Å². The fourth-order valence-corrected chi connectivity index (χ4v) is 5.69. The topological polar surface area (TPSA) is 55.4 Å². The number of aryl methyl sites for hydroxylation is 1. The molecule has 0 aliphatic carbocycles. The van der Waals surface area contributed by atoms with Crippen LogP contribution in [-0.2, 0) is 10.0 Å². The zero-order valence-electron chi connectivity index (χ0n) is 10.6. The van der Waals surface area contributed by atoms with E-state index in [1.807, 2.05) is 13.0 Å². The van der Waals surface area contributed by atoms with Gasteiger partial charge in [0, 0.05) is 8.95 Å². The molecule has 0 saturated carbocycles. The van der Waals surface area contributed by atoms with Gasteiger partial charge in [0.25, 0.3) is 10.0 Å². The minimum atomic E-state index is -3.64. The van der Waals surface area contributed by atoms with Gasteiger partial charge in [0.1, 0.15) is 5.75 Å². The van der Waals surface area contributed by atoms with Crippen molar-refractivity contribution >= 4 is 58.9 Å². The second-order valence-electron chi connectivity index (χ2n) is 3.96. The number of hydrogen-bond donors (Lipinski definition) is 1. The molecule has 8 heteroatoms. The third kappa shape index (κ3) is 3.19. The van der Waals surface area contributed by atoms with Crippen molar-refractivity contribution < 1.29 is 13.2 Å². The molecule has 108 valence electrons. The van der Waals surface area contributed by atoms with Gasteiger partial charge < -0.3 is 4.74 Å². The lowest BCUT2D eigenvalue weighted by molar-refractivity contribution is 0.416. The minimum Gasteiger partial charge on any atom is -0.495 e. The average molecular weight is 441 g/mol. The molecule has 0 saturated heterocycles. The van der Waals surface area contributed by atoms with Gasteiger partial charge in [0.15, 0.2) is 4.21 Å². The molecule has 1 N–H and O–H groups in total. The van der Waals surface area contributed by atoms with E-state index in [1.54, 1.807) is 17.5 Å². The average Bonchev–Trinajstić information content (AvgIpc) is 2.79. The predicted octanol–water partition coefficient (Wildman–Crippen LogP) is 4.39. The van der Waals surface area contributed by atoms with Crippen LogP contribution in [-0.4, -0.2) is 15.5 Å². The van der Waals surface area contributed by atoms with Crippen LogP contribution in [0.1, 0.15) is 5.56 Å². The molecule has 1 aromatic heterocycles. The number of anilines is 1. The molecule has 0 aliphatic heterocycles. The Kier molecular flexibility index (Phi) is 4.78. The first-order chi connectivity index (χ1) is 9.35. The van der Waals surface area contributed by atoms with Crippen LogP contribution >= 0.6 is 43.2 Å². The number of methoxy groups -OCH3 is 1. The Balaban J connectivity index is 2.48. The Bertz CT molecular complexity index is 741. The highest BCUT2D eigenvalue weighted by molar-refractivity contribution is 9.10. The second-order valence-corrected chi connectivity index (χ2v) is 8.53. The van der Waals surface area contributed by atoms with E-state index in [1.165, 1.54) is 7.11 Å². The number of sulfonamides is 1. The van der Waals surface area contributed by atoms with Crippen molar-refractivity contribution in [3.8, 4) is 5.75 Å². The maximum Gasteiger partial charge on any atom is 0.272 e. The van der Waals surface area contributed by atoms with Gasteiger partial charge in [0.2, 0.25) is 0 Å². The van der Waals surface area contributed by atoms with Gasteiger partial charge in [-0.2, -0.15) is 0 Å². The Morgan fingerprint density at radius 1 is 1.30 bits per heavy atom. The van der Waals surface area contributed by atoms with E-state index < -0.39 is 10.0 Å². The summed E-state index contributed by atoms with van der Waals surface area (Å²) in [5.74, 6) is 0.466. The summed E-state index contributed by atoms with van der Waals surface area (Å²) in [5.41, 5.74) is 1.21. The summed E-state index contributed by atoms with van der Waals surface area (Å²) in [5, 5.41) is 1.71. The molecule has 4 nitrogen and oxygen atoms in total. The van der Waals surface area contributed by atoms with Crippen LogP contribution in [0.4, 0.5) is 5.69 Å². The molecule has 0 unspecified atom stereocenters. The SMILES string of the molecule is COc1cc(Br)cc(C)c1NS(=O)(=O)c1sccc1Br. The van der Waals surface area contributed by atoms with E-state index in [4.69, 9.17) is 4.74 Å². The zero-order valence-corrected chi connectivity index (χ0v) is 15.4. The number of halogens is 2. The zero-order chi connectivity index (χ0) is 14.9. The fraction of sp³-hybridized carbons (Fsp3) is 0.167. The minimum absolute atomic E-state index is 0.238. The lowest BCUT2D eigenvalue weighted by Gasteiger charge is -2.14. The monoisotopic (exact) mass is 439 g/mol. The quantitative estimate of drug-likeness (QED) is 0.766. The highest BCUT2D eigenvalue weighted by atomic mass is 79.9. The molecular formula is C12H11Br2NO3S2. The standard InChI is InChI=1S/C12H11Br2NO3S2/c1-7-5-8(13)6-10(18-2)11(7)15-20(16,17)12-9(14)3-4-19-12/h3-6,15H,1-2H3. The van der Waals surface area contributed by atoms with Crippen molar-refractivity contribution in [1.82, 2.24) is 0 Å². The Labute approximate surface area is 138 Å². The van der Waals surface area contributed by atoms with Crippen LogP contribution in [0.2, 0.25) is 0 Å². The summed E-state index contributed by atoms with van der Waals surface area (Å²) >= 11 is 7.74. The van der Waals surface area contributed by atoms with E-state index in [0.717, 1.165) is 21.4 Å². The van der Waals surface area contributed by atoms with Crippen molar-refractivity contribution in [1.29, 1.82) is 0 Å². The smallest absolute Gasteiger partial charge is 0.272 e. The molecule has 0 atom stereocenters. The van der Waals surface area contributed by atoms with Crippen LogP contribution in [0.5, 0.6) is 5.75 Å². The molecule has 0 amide bonds. The van der Waals surface area contributed by atoms with Crippen molar-refractivity contribution in [2.75, 3.05) is 11.8 Å². The summed E-state index contributed by atoms with van der Waals surface area (Å²) in [4.78, 5) is 0. The number of rotatable bonds is 4. The summed E-state index contributed by atoms with van der Waals surface area (Å²) in [6.45, 7) is 1.81. The number of thiophene rings is 1. The van der Waals surface area contributed by atoms with Crippen LogP contribution in [0.3, 0.4) is 0 Å². The van der Waals surface area contributed by atoms with Gasteiger partial charge in [-0.05, 0) is 52.0 Å². The van der Waals surface area contributed by atoms with E-state index in [2.05, 4.69) is 36.6 Å². The Morgan fingerprint density at radius 2 is 2.00 bits per heavy atom. The maximum absolute atomic E-state index is 12.4. The van der Waals surface area contributed by atoms with Gasteiger partial charge in [0.05, 0.1) is 12.8 Å². The molecule has 2 aromatic rings. The predicted molar refractivity (Wildman–Crippen MR) is 88.3 cm³/mol. The lowest BCUT2D eigenvalue weighted by atomic mass is 10.2. The lowest BCUT2D eigenvalue weighted by Crippen LogP contribution is -2.13. The first-order valence-corrected chi connectivity index (χ1v) is 9.40. The first kappa shape index (κ1) is 15.8. The highest BCUT2D eigenvalue weighted by Gasteiger charge is 2.22. The van der Waals surface area contributed by atoms with Crippen LogP contribution in [0.15, 0.2) is 36.7 Å². The van der Waals surface area contributed by atoms with Gasteiger partial charge in [-0.1, -0.05) is 15.9 Å². The summed E-state index contributed by atoms with van der Waals surface area (Å²) in [6, 6.07) is 5.24. The summed E-state index contributed by atoms with van der Waals surface area (Å²) in [6.07, 6.45) is 0. The third-order valence-electron chi connectivity index (χ3n) is 2.55. The first-order valence-electron chi connectivity index (χ1n) is 5.45. The molecule has 0 bridgehead atoms. The molecule has 2 rings (SSSR count). The Hall–Kier alpha value is -0.570. The van der Waals surface area contributed by atoms with E-state index >= 15 is 0 Å². The van der Waals surface area contributed by atoms with Crippen LogP contribution in [0.25, 0.3) is 0 Å². The largest absolute Gasteiger partial charge is 0.495 e. The normalized spacial score (nSPS) is 11.4. The van der Waals surface area contributed by atoms with Crippen molar-refractivity contribution in [3.63, 3.8) is 0 Å². The number of ether oxygens (including phenoxy) is 1. The van der Waals surface area contributed by atoms with Crippen molar-refractivity contribution in [2.24, 2.45) is 0 Å². The molecular weight excluding hydrogens is 430 g/mol. The molecule has 0 fully saturated rings. The molecule has 0 radical (unpaired) electrons. The molecule has 0 aliphatic rings. The van der Waals surface area contributed by atoms with E-state index in [-0.39, 0.29) is 4.21 Å². The molecule has 0 spiro atoms. The third-order valence-corrected chi connectivity index (χ3v) is 7.03. The number of hydrogen-bond acceptors (Lipinski definition) is 4. The van der Waals surface area contributed by atoms with E-state index in [9.17, 15) is 8.42 Å². The summed E-state index contributed by atoms with van der Waals surface area (Å²) in [7, 11) is -2.14. The van der Waals surface area contributed by atoms with E-state index in [0.29, 0.717) is 15.9 Å². The molecule has 20 heavy (non-hydrogen) atoms. The Morgan fingerprint density at radius 3 is 2.55 bits per heavy atom. The van der Waals surface area contributed by atoms with Gasteiger partial charge >= 0.3 is 0 Å². The fourth-order valence-electron chi connectivity index (χ4n) is 1.66. The molecule has 1 aromatic carbocycles. The summed E-state index contributed by atoms with van der Waals surface area (Å²) < 4.78 is 34.2. The van der Waals surface area contributed by atoms with Crippen LogP contribution < -0.4 is 9.46 Å². The second kappa shape index (κ2) is 6.05. The molecule has 1 heterocycles.